The summed E-state index contributed by atoms with van der Waals surface area (Å²) in [7, 11) is 0. The second-order valence-electron chi connectivity index (χ2n) is 2.60. The highest BCUT2D eigenvalue weighted by molar-refractivity contribution is 7.13. The third-order valence-corrected chi connectivity index (χ3v) is 2.57. The first-order valence-corrected chi connectivity index (χ1v) is 4.34. The number of aromatic carboxylic acids is 1. The third kappa shape index (κ3) is 1.24. The van der Waals surface area contributed by atoms with Crippen LogP contribution >= 0.6 is 11.5 Å². The number of halogens is 2. The highest BCUT2D eigenvalue weighted by Gasteiger charge is 2.16. The van der Waals surface area contributed by atoms with Crippen molar-refractivity contribution in [3.05, 3.63) is 29.5 Å². The maximum absolute atomic E-state index is 13.1. The molecule has 2 aromatic rings. The lowest BCUT2D eigenvalue weighted by molar-refractivity contribution is 0.0694. The molecule has 0 aliphatic heterocycles. The number of hydrogen-bond acceptors (Lipinski definition) is 3. The number of carbonyl (C=O) groups is 1. The first-order valence-electron chi connectivity index (χ1n) is 3.57. The van der Waals surface area contributed by atoms with Crippen molar-refractivity contribution in [3.8, 4) is 0 Å². The minimum atomic E-state index is -1.29. The second kappa shape index (κ2) is 2.98. The zero-order valence-electron chi connectivity index (χ0n) is 6.62. The quantitative estimate of drug-likeness (QED) is 0.793. The molecular weight excluding hydrogens is 212 g/mol. The van der Waals surface area contributed by atoms with Crippen molar-refractivity contribution < 1.29 is 18.7 Å². The Morgan fingerprint density at radius 3 is 2.79 bits per heavy atom. The van der Waals surface area contributed by atoms with Crippen LogP contribution in [0.2, 0.25) is 0 Å². The van der Waals surface area contributed by atoms with E-state index in [1.165, 1.54) is 0 Å². The van der Waals surface area contributed by atoms with Gasteiger partial charge < -0.3 is 5.11 Å². The van der Waals surface area contributed by atoms with E-state index in [2.05, 4.69) is 4.37 Å². The van der Waals surface area contributed by atoms with Crippen LogP contribution < -0.4 is 0 Å². The SMILES string of the molecule is O=C(O)c1nsc2c(F)cc(F)cc12. The molecule has 2 rings (SSSR count). The lowest BCUT2D eigenvalue weighted by atomic mass is 10.2. The maximum atomic E-state index is 13.1. The fourth-order valence-corrected chi connectivity index (χ4v) is 1.88. The van der Waals surface area contributed by atoms with Crippen molar-refractivity contribution in [3.63, 3.8) is 0 Å². The van der Waals surface area contributed by atoms with Crippen LogP contribution in [0.25, 0.3) is 10.1 Å². The Labute approximate surface area is 80.8 Å². The van der Waals surface area contributed by atoms with Crippen LogP contribution in [-0.4, -0.2) is 15.4 Å². The Balaban J connectivity index is 2.85. The molecule has 0 saturated carbocycles. The highest BCUT2D eigenvalue weighted by Crippen LogP contribution is 2.26. The first kappa shape index (κ1) is 9.01. The molecule has 6 heteroatoms. The van der Waals surface area contributed by atoms with Crippen molar-refractivity contribution in [2.75, 3.05) is 0 Å². The fraction of sp³-hybridized carbons (Fsp3) is 0. The van der Waals surface area contributed by atoms with Gasteiger partial charge in [0.15, 0.2) is 5.69 Å². The van der Waals surface area contributed by atoms with Crippen molar-refractivity contribution >= 4 is 27.6 Å². The number of fused-ring (bicyclic) bond motifs is 1. The maximum Gasteiger partial charge on any atom is 0.356 e. The number of benzene rings is 1. The van der Waals surface area contributed by atoms with Crippen molar-refractivity contribution in [1.29, 1.82) is 0 Å². The van der Waals surface area contributed by atoms with Crippen LogP contribution in [0.4, 0.5) is 8.78 Å². The zero-order valence-corrected chi connectivity index (χ0v) is 7.44. The van der Waals surface area contributed by atoms with Gasteiger partial charge in [0.2, 0.25) is 0 Å². The smallest absolute Gasteiger partial charge is 0.356 e. The molecule has 1 heterocycles. The van der Waals surface area contributed by atoms with Gasteiger partial charge in [-0.3, -0.25) is 0 Å². The summed E-state index contributed by atoms with van der Waals surface area (Å²) in [6.45, 7) is 0. The third-order valence-electron chi connectivity index (χ3n) is 1.69. The second-order valence-corrected chi connectivity index (χ2v) is 3.37. The number of hydrogen-bond donors (Lipinski definition) is 1. The number of aromatic nitrogens is 1. The van der Waals surface area contributed by atoms with Crippen molar-refractivity contribution in [2.45, 2.75) is 0 Å². The molecule has 0 fully saturated rings. The Morgan fingerprint density at radius 1 is 1.43 bits per heavy atom. The van der Waals surface area contributed by atoms with Gasteiger partial charge in [0, 0.05) is 11.5 Å². The van der Waals surface area contributed by atoms with Crippen molar-refractivity contribution in [1.82, 2.24) is 4.37 Å². The number of carboxylic acids is 1. The molecule has 0 aliphatic rings. The van der Waals surface area contributed by atoms with E-state index < -0.39 is 17.6 Å². The largest absolute Gasteiger partial charge is 0.476 e. The number of carboxylic acid groups (broad SMARTS) is 1. The van der Waals surface area contributed by atoms with Crippen molar-refractivity contribution in [2.24, 2.45) is 0 Å². The summed E-state index contributed by atoms with van der Waals surface area (Å²) < 4.78 is 29.4. The molecule has 0 aliphatic carbocycles. The van der Waals surface area contributed by atoms with E-state index in [1.807, 2.05) is 0 Å². The fourth-order valence-electron chi connectivity index (χ4n) is 1.12. The van der Waals surface area contributed by atoms with Crippen LogP contribution in [0.1, 0.15) is 10.5 Å². The Hall–Kier alpha value is -1.56. The van der Waals surface area contributed by atoms with E-state index in [0.29, 0.717) is 17.6 Å². The molecule has 0 atom stereocenters. The van der Waals surface area contributed by atoms with Crippen LogP contribution in [0, 0.1) is 11.6 Å². The Morgan fingerprint density at radius 2 is 2.14 bits per heavy atom. The molecule has 0 radical (unpaired) electrons. The monoisotopic (exact) mass is 215 g/mol. The molecule has 0 amide bonds. The zero-order chi connectivity index (χ0) is 10.3. The van der Waals surface area contributed by atoms with E-state index in [4.69, 9.17) is 5.11 Å². The summed E-state index contributed by atoms with van der Waals surface area (Å²) in [4.78, 5) is 10.6. The molecule has 0 spiro atoms. The average Bonchev–Trinajstić information content (AvgIpc) is 2.47. The van der Waals surface area contributed by atoms with Gasteiger partial charge in [0.1, 0.15) is 11.6 Å². The van der Waals surface area contributed by atoms with Crippen LogP contribution in [0.5, 0.6) is 0 Å². The summed E-state index contributed by atoms with van der Waals surface area (Å²) in [6, 6.07) is 1.66. The van der Waals surface area contributed by atoms with E-state index in [9.17, 15) is 13.6 Å². The van der Waals surface area contributed by atoms with Gasteiger partial charge in [0.25, 0.3) is 0 Å². The summed E-state index contributed by atoms with van der Waals surface area (Å²) >= 11 is 0.705. The molecule has 0 unspecified atom stereocenters. The predicted molar refractivity (Wildman–Crippen MR) is 46.5 cm³/mol. The van der Waals surface area contributed by atoms with E-state index in [-0.39, 0.29) is 15.8 Å². The van der Waals surface area contributed by atoms with Crippen LogP contribution in [0.15, 0.2) is 12.1 Å². The van der Waals surface area contributed by atoms with Gasteiger partial charge in [-0.05, 0) is 17.6 Å². The lowest BCUT2D eigenvalue weighted by Gasteiger charge is -1.93. The molecule has 1 N–H and O–H groups in total. The molecule has 1 aromatic heterocycles. The average molecular weight is 215 g/mol. The summed E-state index contributed by atoms with van der Waals surface area (Å²) in [5.41, 5.74) is -0.316. The van der Waals surface area contributed by atoms with Gasteiger partial charge in [0.05, 0.1) is 4.70 Å². The summed E-state index contributed by atoms with van der Waals surface area (Å²) in [5, 5.41) is 8.65. The molecular formula is C8H3F2NO2S. The molecule has 1 aromatic carbocycles. The van der Waals surface area contributed by atoms with Gasteiger partial charge in [-0.25, -0.2) is 13.6 Å². The highest BCUT2D eigenvalue weighted by atomic mass is 32.1. The van der Waals surface area contributed by atoms with Gasteiger partial charge in [-0.2, -0.15) is 4.37 Å². The molecule has 72 valence electrons. The van der Waals surface area contributed by atoms with E-state index in [1.54, 1.807) is 0 Å². The number of rotatable bonds is 1. The molecule has 0 bridgehead atoms. The molecule has 3 nitrogen and oxygen atoms in total. The standard InChI is InChI=1S/C8H3F2NO2S/c9-3-1-4-6(8(12)13)11-14-7(4)5(10)2-3/h1-2H,(H,12,13). The van der Waals surface area contributed by atoms with Gasteiger partial charge in [-0.15, -0.1) is 0 Å². The Kier molecular flexibility index (Phi) is 1.92. The van der Waals surface area contributed by atoms with E-state index in [0.717, 1.165) is 6.07 Å². The lowest BCUT2D eigenvalue weighted by Crippen LogP contribution is -1.96. The summed E-state index contributed by atoms with van der Waals surface area (Å²) in [6.07, 6.45) is 0. The van der Waals surface area contributed by atoms with Gasteiger partial charge >= 0.3 is 5.97 Å². The molecule has 14 heavy (non-hydrogen) atoms. The first-order chi connectivity index (χ1) is 6.59. The van der Waals surface area contributed by atoms with Gasteiger partial charge in [-0.1, -0.05) is 0 Å². The summed E-state index contributed by atoms with van der Waals surface area (Å²) in [5.74, 6) is -2.89. The Bertz CT molecular complexity index is 523. The topological polar surface area (TPSA) is 50.2 Å². The normalized spacial score (nSPS) is 10.7. The van der Waals surface area contributed by atoms with Crippen LogP contribution in [-0.2, 0) is 0 Å². The minimum absolute atomic E-state index is 0.000000000000000444. The minimum Gasteiger partial charge on any atom is -0.476 e. The molecule has 0 saturated heterocycles. The predicted octanol–water partition coefficient (Wildman–Crippen LogP) is 2.27. The van der Waals surface area contributed by atoms with E-state index >= 15 is 0 Å². The van der Waals surface area contributed by atoms with Crippen LogP contribution in [0.3, 0.4) is 0 Å². The number of nitrogens with zero attached hydrogens (tertiary/aromatic N) is 1.